The van der Waals surface area contributed by atoms with Crippen LogP contribution in [-0.2, 0) is 20.6 Å². The van der Waals surface area contributed by atoms with E-state index in [0.717, 1.165) is 11.3 Å². The number of hydrogen-bond donors (Lipinski definition) is 2. The Kier molecular flexibility index (Phi) is 7.74. The van der Waals surface area contributed by atoms with Crippen LogP contribution in [0.15, 0.2) is 24.3 Å². The summed E-state index contributed by atoms with van der Waals surface area (Å²) in [4.78, 5) is 24.1. The molecule has 1 amide bonds. The molecule has 1 aromatic rings. The van der Waals surface area contributed by atoms with Gasteiger partial charge in [-0.05, 0) is 44.9 Å². The van der Waals surface area contributed by atoms with Crippen LogP contribution in [-0.4, -0.2) is 56.3 Å². The SMILES string of the molecule is C#CCNC(=O)O[C@@H]1C(OC(=O)OC(C)(C)C)CN[C@@H]1Cc1ccc(OC)cc1. The van der Waals surface area contributed by atoms with Crippen molar-refractivity contribution in [1.29, 1.82) is 0 Å². The molecule has 0 spiro atoms. The first kappa shape index (κ1) is 22.4. The second kappa shape index (κ2) is 10.0. The van der Waals surface area contributed by atoms with Crippen LogP contribution >= 0.6 is 0 Å². The molecule has 8 heteroatoms. The van der Waals surface area contributed by atoms with Gasteiger partial charge in [0.25, 0.3) is 0 Å². The third-order valence-electron chi connectivity index (χ3n) is 4.17. The Morgan fingerprint density at radius 3 is 2.52 bits per heavy atom. The summed E-state index contributed by atoms with van der Waals surface area (Å²) in [6.07, 6.45) is 2.84. The average molecular weight is 404 g/mol. The number of amides is 1. The van der Waals surface area contributed by atoms with Crippen molar-refractivity contribution < 1.29 is 28.5 Å². The van der Waals surface area contributed by atoms with Crippen molar-refractivity contribution in [1.82, 2.24) is 10.6 Å². The van der Waals surface area contributed by atoms with Gasteiger partial charge in [0.1, 0.15) is 11.4 Å². The molecule has 0 aliphatic carbocycles. The zero-order valence-electron chi connectivity index (χ0n) is 17.2. The Morgan fingerprint density at radius 1 is 1.24 bits per heavy atom. The Bertz CT molecular complexity index is 735. The summed E-state index contributed by atoms with van der Waals surface area (Å²) in [5, 5.41) is 5.71. The summed E-state index contributed by atoms with van der Waals surface area (Å²) in [5.41, 5.74) is 0.324. The molecule has 1 fully saturated rings. The number of terminal acetylenes is 1. The molecular weight excluding hydrogens is 376 g/mol. The molecule has 1 saturated heterocycles. The Morgan fingerprint density at radius 2 is 1.93 bits per heavy atom. The van der Waals surface area contributed by atoms with E-state index in [4.69, 9.17) is 25.4 Å². The van der Waals surface area contributed by atoms with Gasteiger partial charge in [0.2, 0.25) is 0 Å². The maximum Gasteiger partial charge on any atom is 0.509 e. The topological polar surface area (TPSA) is 95.1 Å². The third kappa shape index (κ3) is 7.20. The lowest BCUT2D eigenvalue weighted by molar-refractivity contribution is -0.0516. The highest BCUT2D eigenvalue weighted by Gasteiger charge is 2.42. The van der Waals surface area contributed by atoms with Crippen LogP contribution in [0.25, 0.3) is 0 Å². The van der Waals surface area contributed by atoms with Crippen LogP contribution < -0.4 is 15.4 Å². The molecule has 1 heterocycles. The number of rotatable bonds is 6. The van der Waals surface area contributed by atoms with Gasteiger partial charge in [-0.1, -0.05) is 18.1 Å². The van der Waals surface area contributed by atoms with Crippen LogP contribution in [0, 0.1) is 12.3 Å². The molecule has 0 aromatic heterocycles. The molecule has 1 aliphatic rings. The lowest BCUT2D eigenvalue weighted by atomic mass is 10.0. The number of ether oxygens (including phenoxy) is 4. The van der Waals surface area contributed by atoms with Crippen LogP contribution in [0.5, 0.6) is 5.75 Å². The smallest absolute Gasteiger partial charge is 0.497 e. The van der Waals surface area contributed by atoms with Crippen molar-refractivity contribution in [2.45, 2.75) is 51.0 Å². The highest BCUT2D eigenvalue weighted by molar-refractivity contribution is 5.68. The standard InChI is InChI=1S/C21H28N2O6/c1-6-11-22-19(24)28-18-16(12-14-7-9-15(26-5)10-8-14)23-13-17(18)27-20(25)29-21(2,3)4/h1,7-10,16-18,23H,11-13H2,2-5H3,(H,22,24)/t16-,17?,18+/m1/s1. The minimum Gasteiger partial charge on any atom is -0.497 e. The molecular formula is C21H28N2O6. The van der Waals surface area contributed by atoms with Gasteiger partial charge in [0, 0.05) is 6.54 Å². The van der Waals surface area contributed by atoms with Gasteiger partial charge in [-0.25, -0.2) is 9.59 Å². The quantitative estimate of drug-likeness (QED) is 0.555. The molecule has 2 rings (SSSR count). The lowest BCUT2D eigenvalue weighted by Gasteiger charge is -2.25. The summed E-state index contributed by atoms with van der Waals surface area (Å²) in [7, 11) is 1.60. The van der Waals surface area contributed by atoms with E-state index in [1.807, 2.05) is 24.3 Å². The van der Waals surface area contributed by atoms with Crippen molar-refractivity contribution in [3.8, 4) is 18.1 Å². The summed E-state index contributed by atoms with van der Waals surface area (Å²) in [5.74, 6) is 3.06. The monoisotopic (exact) mass is 404 g/mol. The minimum atomic E-state index is -0.813. The maximum atomic E-state index is 12.1. The van der Waals surface area contributed by atoms with Crippen molar-refractivity contribution >= 4 is 12.2 Å². The molecule has 1 unspecified atom stereocenters. The highest BCUT2D eigenvalue weighted by Crippen LogP contribution is 2.22. The summed E-state index contributed by atoms with van der Waals surface area (Å²) in [6.45, 7) is 5.60. The van der Waals surface area contributed by atoms with Crippen LogP contribution in [0.2, 0.25) is 0 Å². The zero-order chi connectivity index (χ0) is 21.4. The molecule has 8 nitrogen and oxygen atoms in total. The number of hydrogen-bond acceptors (Lipinski definition) is 7. The maximum absolute atomic E-state index is 12.1. The van der Waals surface area contributed by atoms with Crippen LogP contribution in [0.4, 0.5) is 9.59 Å². The van der Waals surface area contributed by atoms with E-state index in [2.05, 4.69) is 16.6 Å². The largest absolute Gasteiger partial charge is 0.509 e. The van der Waals surface area contributed by atoms with E-state index < -0.39 is 30.1 Å². The Hall–Kier alpha value is -2.92. The number of nitrogens with one attached hydrogen (secondary N) is 2. The van der Waals surface area contributed by atoms with Gasteiger partial charge in [0.05, 0.1) is 19.7 Å². The van der Waals surface area contributed by atoms with Gasteiger partial charge in [-0.3, -0.25) is 0 Å². The van der Waals surface area contributed by atoms with Gasteiger partial charge in [0.15, 0.2) is 12.2 Å². The second-order valence-electron chi connectivity index (χ2n) is 7.62. The molecule has 3 atom stereocenters. The van der Waals surface area contributed by atoms with E-state index in [1.165, 1.54) is 0 Å². The van der Waals surface area contributed by atoms with E-state index in [9.17, 15) is 9.59 Å². The average Bonchev–Trinajstić information content (AvgIpc) is 3.00. The number of methoxy groups -OCH3 is 1. The third-order valence-corrected chi connectivity index (χ3v) is 4.17. The molecule has 158 valence electrons. The van der Waals surface area contributed by atoms with Crippen LogP contribution in [0.1, 0.15) is 26.3 Å². The van der Waals surface area contributed by atoms with Crippen molar-refractivity contribution in [3.05, 3.63) is 29.8 Å². The first-order valence-corrected chi connectivity index (χ1v) is 9.35. The number of alkyl carbamates (subject to hydrolysis) is 1. The number of carbonyl (C=O) groups is 2. The zero-order valence-corrected chi connectivity index (χ0v) is 17.2. The predicted octanol–water partition coefficient (Wildman–Crippen LogP) is 2.26. The van der Waals surface area contributed by atoms with Gasteiger partial charge >= 0.3 is 12.2 Å². The summed E-state index contributed by atoms with van der Waals surface area (Å²) < 4.78 is 21.3. The highest BCUT2D eigenvalue weighted by atomic mass is 16.7. The van der Waals surface area contributed by atoms with Gasteiger partial charge < -0.3 is 29.6 Å². The number of carbonyl (C=O) groups excluding carboxylic acids is 2. The van der Waals surface area contributed by atoms with Gasteiger partial charge in [-0.15, -0.1) is 6.42 Å². The first-order valence-electron chi connectivity index (χ1n) is 9.35. The van der Waals surface area contributed by atoms with E-state index >= 15 is 0 Å². The fourth-order valence-corrected chi connectivity index (χ4v) is 2.92. The molecule has 2 N–H and O–H groups in total. The van der Waals surface area contributed by atoms with Crippen molar-refractivity contribution in [2.75, 3.05) is 20.2 Å². The Balaban J connectivity index is 2.08. The van der Waals surface area contributed by atoms with E-state index in [-0.39, 0.29) is 12.6 Å². The van der Waals surface area contributed by atoms with Gasteiger partial charge in [-0.2, -0.15) is 0 Å². The molecule has 1 aliphatic heterocycles. The fourth-order valence-electron chi connectivity index (χ4n) is 2.92. The van der Waals surface area contributed by atoms with Crippen molar-refractivity contribution in [3.63, 3.8) is 0 Å². The lowest BCUT2D eigenvalue weighted by Crippen LogP contribution is -2.43. The molecule has 0 radical (unpaired) electrons. The molecule has 29 heavy (non-hydrogen) atoms. The predicted molar refractivity (Wildman–Crippen MR) is 107 cm³/mol. The molecule has 0 saturated carbocycles. The second-order valence-corrected chi connectivity index (χ2v) is 7.62. The number of benzene rings is 1. The van der Waals surface area contributed by atoms with E-state index in [0.29, 0.717) is 13.0 Å². The van der Waals surface area contributed by atoms with Crippen LogP contribution in [0.3, 0.4) is 0 Å². The first-order chi connectivity index (χ1) is 13.7. The minimum absolute atomic E-state index is 0.0414. The fraction of sp³-hybridized carbons (Fsp3) is 0.524. The molecule has 0 bridgehead atoms. The van der Waals surface area contributed by atoms with E-state index in [1.54, 1.807) is 27.9 Å². The summed E-state index contributed by atoms with van der Waals surface area (Å²) >= 11 is 0. The summed E-state index contributed by atoms with van der Waals surface area (Å²) in [6, 6.07) is 7.31. The normalized spacial score (nSPS) is 21.0. The van der Waals surface area contributed by atoms with Crippen molar-refractivity contribution in [2.24, 2.45) is 0 Å². The Labute approximate surface area is 171 Å². The molecule has 1 aromatic carbocycles.